The standard InChI is InChI=1S/C18H20N6O/c25-18(17-14-24(21-20-17)15-7-2-1-3-8-15)23-12-5-4-9-16(23)13-22-11-6-10-19-22/h1-3,6-8,10-11,14,16H,4-5,9,12-13H2. The first-order valence-electron chi connectivity index (χ1n) is 8.57. The highest BCUT2D eigenvalue weighted by Crippen LogP contribution is 2.20. The average molecular weight is 336 g/mol. The van der Waals surface area contributed by atoms with Crippen LogP contribution in [0, 0.1) is 0 Å². The van der Waals surface area contributed by atoms with Crippen molar-refractivity contribution in [1.29, 1.82) is 0 Å². The predicted octanol–water partition coefficient (Wildman–Crippen LogP) is 2.16. The third-order valence-corrected chi connectivity index (χ3v) is 4.58. The molecule has 3 heterocycles. The van der Waals surface area contributed by atoms with Gasteiger partial charge in [0.05, 0.1) is 24.5 Å². The molecule has 0 N–H and O–H groups in total. The summed E-state index contributed by atoms with van der Waals surface area (Å²) in [5.41, 5.74) is 1.28. The van der Waals surface area contributed by atoms with Crippen LogP contribution in [0.25, 0.3) is 5.69 Å². The largest absolute Gasteiger partial charge is 0.332 e. The fourth-order valence-corrected chi connectivity index (χ4v) is 3.30. The fourth-order valence-electron chi connectivity index (χ4n) is 3.30. The van der Waals surface area contributed by atoms with Crippen molar-refractivity contribution in [3.8, 4) is 5.69 Å². The van der Waals surface area contributed by atoms with E-state index in [2.05, 4.69) is 15.4 Å². The monoisotopic (exact) mass is 336 g/mol. The van der Waals surface area contributed by atoms with E-state index in [-0.39, 0.29) is 11.9 Å². The van der Waals surface area contributed by atoms with E-state index in [1.54, 1.807) is 17.1 Å². The van der Waals surface area contributed by atoms with Gasteiger partial charge in [-0.05, 0) is 37.5 Å². The Morgan fingerprint density at radius 1 is 1.16 bits per heavy atom. The van der Waals surface area contributed by atoms with E-state index in [0.29, 0.717) is 12.2 Å². The first-order valence-corrected chi connectivity index (χ1v) is 8.57. The topological polar surface area (TPSA) is 68.8 Å². The molecule has 128 valence electrons. The summed E-state index contributed by atoms with van der Waals surface area (Å²) < 4.78 is 3.52. The lowest BCUT2D eigenvalue weighted by Crippen LogP contribution is -2.46. The number of carbonyl (C=O) groups is 1. The van der Waals surface area contributed by atoms with Gasteiger partial charge in [-0.25, -0.2) is 4.68 Å². The van der Waals surface area contributed by atoms with Crippen LogP contribution in [0.4, 0.5) is 0 Å². The summed E-state index contributed by atoms with van der Waals surface area (Å²) in [5, 5.41) is 12.5. The number of rotatable bonds is 4. The van der Waals surface area contributed by atoms with Crippen molar-refractivity contribution in [2.24, 2.45) is 0 Å². The smallest absolute Gasteiger partial charge is 0.276 e. The fraction of sp³-hybridized carbons (Fsp3) is 0.333. The van der Waals surface area contributed by atoms with Gasteiger partial charge in [0.15, 0.2) is 5.69 Å². The molecule has 1 unspecified atom stereocenters. The molecular weight excluding hydrogens is 316 g/mol. The van der Waals surface area contributed by atoms with Gasteiger partial charge in [0.2, 0.25) is 0 Å². The second kappa shape index (κ2) is 6.88. The Hall–Kier alpha value is -2.96. The Morgan fingerprint density at radius 3 is 2.84 bits per heavy atom. The van der Waals surface area contributed by atoms with Crippen LogP contribution < -0.4 is 0 Å². The highest BCUT2D eigenvalue weighted by molar-refractivity contribution is 5.92. The number of carbonyl (C=O) groups excluding carboxylic acids is 1. The molecule has 1 amide bonds. The number of likely N-dealkylation sites (tertiary alicyclic amines) is 1. The molecule has 3 aromatic rings. The Balaban J connectivity index is 1.53. The lowest BCUT2D eigenvalue weighted by atomic mass is 10.0. The molecule has 1 aliphatic rings. The van der Waals surface area contributed by atoms with Crippen molar-refractivity contribution < 1.29 is 4.79 Å². The summed E-state index contributed by atoms with van der Waals surface area (Å²) in [7, 11) is 0. The SMILES string of the molecule is O=C(c1cn(-c2ccccc2)nn1)N1CCCCC1Cn1cccn1. The van der Waals surface area contributed by atoms with Gasteiger partial charge in [0.1, 0.15) is 0 Å². The first-order chi connectivity index (χ1) is 12.3. The number of nitrogens with zero attached hydrogens (tertiary/aromatic N) is 6. The van der Waals surface area contributed by atoms with Crippen LogP contribution in [0.15, 0.2) is 55.0 Å². The second-order valence-electron chi connectivity index (χ2n) is 6.26. The van der Waals surface area contributed by atoms with Crippen molar-refractivity contribution >= 4 is 5.91 Å². The van der Waals surface area contributed by atoms with Crippen LogP contribution in [0.1, 0.15) is 29.8 Å². The predicted molar refractivity (Wildman–Crippen MR) is 92.3 cm³/mol. The Labute approximate surface area is 145 Å². The molecule has 2 aromatic heterocycles. The van der Waals surface area contributed by atoms with Gasteiger partial charge in [-0.1, -0.05) is 23.4 Å². The molecule has 1 fully saturated rings. The zero-order valence-corrected chi connectivity index (χ0v) is 13.9. The minimum Gasteiger partial charge on any atom is -0.332 e. The molecule has 0 bridgehead atoms. The number of amides is 1. The lowest BCUT2D eigenvalue weighted by molar-refractivity contribution is 0.0577. The van der Waals surface area contributed by atoms with Crippen LogP contribution in [-0.2, 0) is 6.54 Å². The summed E-state index contributed by atoms with van der Waals surface area (Å²) >= 11 is 0. The van der Waals surface area contributed by atoms with Crippen molar-refractivity contribution in [1.82, 2.24) is 29.7 Å². The molecule has 0 aliphatic carbocycles. The summed E-state index contributed by atoms with van der Waals surface area (Å²) in [6.07, 6.45) is 8.54. The van der Waals surface area contributed by atoms with Crippen molar-refractivity contribution in [2.75, 3.05) is 6.54 Å². The van der Waals surface area contributed by atoms with E-state index in [4.69, 9.17) is 0 Å². The number of hydrogen-bond donors (Lipinski definition) is 0. The Morgan fingerprint density at radius 2 is 2.04 bits per heavy atom. The van der Waals surface area contributed by atoms with Gasteiger partial charge in [-0.2, -0.15) is 5.10 Å². The molecule has 0 radical (unpaired) electrons. The third-order valence-electron chi connectivity index (χ3n) is 4.58. The maximum Gasteiger partial charge on any atom is 0.276 e. The van der Waals surface area contributed by atoms with Gasteiger partial charge in [-0.15, -0.1) is 5.10 Å². The van der Waals surface area contributed by atoms with Crippen LogP contribution in [0.2, 0.25) is 0 Å². The molecule has 4 rings (SSSR count). The zero-order chi connectivity index (χ0) is 17.1. The van der Waals surface area contributed by atoms with E-state index in [0.717, 1.165) is 31.5 Å². The van der Waals surface area contributed by atoms with Gasteiger partial charge >= 0.3 is 0 Å². The minimum absolute atomic E-state index is 0.0564. The van der Waals surface area contributed by atoms with Gasteiger partial charge in [-0.3, -0.25) is 9.48 Å². The lowest BCUT2D eigenvalue weighted by Gasteiger charge is -2.35. The molecule has 0 saturated carbocycles. The Kier molecular flexibility index (Phi) is 4.28. The van der Waals surface area contributed by atoms with Crippen LogP contribution in [0.3, 0.4) is 0 Å². The first kappa shape index (κ1) is 15.6. The van der Waals surface area contributed by atoms with Gasteiger partial charge in [0, 0.05) is 18.9 Å². The quantitative estimate of drug-likeness (QED) is 0.732. The molecule has 1 aliphatic heterocycles. The van der Waals surface area contributed by atoms with Gasteiger partial charge < -0.3 is 4.90 Å². The van der Waals surface area contributed by atoms with Crippen molar-refractivity contribution in [3.63, 3.8) is 0 Å². The normalized spacial score (nSPS) is 17.6. The van der Waals surface area contributed by atoms with Crippen LogP contribution in [0.5, 0.6) is 0 Å². The number of benzene rings is 1. The number of aromatic nitrogens is 5. The molecule has 0 spiro atoms. The Bertz CT molecular complexity index is 826. The molecule has 7 heteroatoms. The molecule has 1 saturated heterocycles. The van der Waals surface area contributed by atoms with E-state index >= 15 is 0 Å². The third kappa shape index (κ3) is 3.31. The zero-order valence-electron chi connectivity index (χ0n) is 13.9. The van der Waals surface area contributed by atoms with Crippen molar-refractivity contribution in [2.45, 2.75) is 31.8 Å². The average Bonchev–Trinajstić information content (AvgIpc) is 3.34. The maximum atomic E-state index is 13.0. The molecule has 1 atom stereocenters. The summed E-state index contributed by atoms with van der Waals surface area (Å²) in [5.74, 6) is -0.0564. The van der Waals surface area contributed by atoms with E-state index < -0.39 is 0 Å². The van der Waals surface area contributed by atoms with Crippen LogP contribution in [-0.4, -0.2) is 48.2 Å². The maximum absolute atomic E-state index is 13.0. The number of hydrogen-bond acceptors (Lipinski definition) is 4. The number of piperidine rings is 1. The van der Waals surface area contributed by atoms with E-state index in [1.807, 2.05) is 52.2 Å². The summed E-state index contributed by atoms with van der Waals surface area (Å²) in [4.78, 5) is 14.9. The number of para-hydroxylation sites is 1. The molecule has 25 heavy (non-hydrogen) atoms. The molecule has 7 nitrogen and oxygen atoms in total. The van der Waals surface area contributed by atoms with E-state index in [9.17, 15) is 4.79 Å². The highest BCUT2D eigenvalue weighted by atomic mass is 16.2. The van der Waals surface area contributed by atoms with Crippen LogP contribution >= 0.6 is 0 Å². The second-order valence-corrected chi connectivity index (χ2v) is 6.26. The summed E-state index contributed by atoms with van der Waals surface area (Å²) in [6, 6.07) is 11.7. The minimum atomic E-state index is -0.0564. The van der Waals surface area contributed by atoms with Crippen molar-refractivity contribution in [3.05, 3.63) is 60.7 Å². The highest BCUT2D eigenvalue weighted by Gasteiger charge is 2.29. The van der Waals surface area contributed by atoms with E-state index in [1.165, 1.54) is 0 Å². The molecular formula is C18H20N6O. The molecule has 1 aromatic carbocycles. The summed E-state index contributed by atoms with van der Waals surface area (Å²) in [6.45, 7) is 1.47. The van der Waals surface area contributed by atoms with Gasteiger partial charge in [0.25, 0.3) is 5.91 Å².